The third-order valence-electron chi connectivity index (χ3n) is 5.19. The maximum Gasteiger partial charge on any atom is 0.279 e. The monoisotopic (exact) mass is 415 g/mol. The van der Waals surface area contributed by atoms with Crippen LogP contribution in [-0.4, -0.2) is 77.2 Å². The van der Waals surface area contributed by atoms with Crippen molar-refractivity contribution < 1.29 is 33.0 Å². The first-order valence-electron chi connectivity index (χ1n) is 9.13. The molecule has 1 amide bonds. The summed E-state index contributed by atoms with van der Waals surface area (Å²) in [6, 6.07) is 5.55. The lowest BCUT2D eigenvalue weighted by molar-refractivity contribution is -0.161. The third-order valence-corrected chi connectivity index (χ3v) is 7.62. The molecule has 0 radical (unpaired) electrons. The summed E-state index contributed by atoms with van der Waals surface area (Å²) in [5, 5.41) is 18.1. The molecule has 0 aliphatic carbocycles. The normalized spacial score (nSPS) is 27.4. The van der Waals surface area contributed by atoms with Crippen molar-refractivity contribution in [3.05, 3.63) is 30.1 Å². The van der Waals surface area contributed by atoms with Crippen LogP contribution in [0.5, 0.6) is 0 Å². The number of hydrogen-bond acceptors (Lipinski definition) is 8. The molecule has 1 aromatic rings. The van der Waals surface area contributed by atoms with Crippen LogP contribution in [0.3, 0.4) is 0 Å². The lowest BCUT2D eigenvalue weighted by atomic mass is 9.95. The van der Waals surface area contributed by atoms with Crippen molar-refractivity contribution in [2.45, 2.75) is 42.8 Å². The SMILES string of the molecule is O=C(NO)C1(O)COCCC1S(=O)(=O)N1CCC(OCc2ccccn2)CC1. The van der Waals surface area contributed by atoms with Gasteiger partial charge in [0.15, 0.2) is 5.60 Å². The van der Waals surface area contributed by atoms with Gasteiger partial charge in [-0.25, -0.2) is 18.2 Å². The van der Waals surface area contributed by atoms with Crippen molar-refractivity contribution >= 4 is 15.9 Å². The van der Waals surface area contributed by atoms with E-state index >= 15 is 0 Å². The molecule has 3 heterocycles. The molecule has 1 aromatic heterocycles. The number of hydroxylamine groups is 1. The van der Waals surface area contributed by atoms with Crippen LogP contribution in [0.25, 0.3) is 0 Å². The number of carbonyl (C=O) groups excluding carboxylic acids is 1. The molecule has 2 unspecified atom stereocenters. The first kappa shape index (κ1) is 21.1. The van der Waals surface area contributed by atoms with Gasteiger partial charge < -0.3 is 14.6 Å². The fraction of sp³-hybridized carbons (Fsp3) is 0.647. The van der Waals surface area contributed by atoms with E-state index in [-0.39, 0.29) is 32.2 Å². The molecule has 0 saturated carbocycles. The Labute approximate surface area is 163 Å². The van der Waals surface area contributed by atoms with Gasteiger partial charge in [-0.3, -0.25) is 15.0 Å². The van der Waals surface area contributed by atoms with Crippen molar-refractivity contribution in [3.63, 3.8) is 0 Å². The van der Waals surface area contributed by atoms with Crippen LogP contribution in [0.15, 0.2) is 24.4 Å². The minimum atomic E-state index is -3.97. The molecule has 156 valence electrons. The molecule has 2 atom stereocenters. The van der Waals surface area contributed by atoms with Crippen molar-refractivity contribution in [1.29, 1.82) is 0 Å². The molecule has 0 spiro atoms. The molecular weight excluding hydrogens is 390 g/mol. The molecule has 10 nitrogen and oxygen atoms in total. The zero-order chi connectivity index (χ0) is 20.2. The topological polar surface area (TPSA) is 138 Å². The van der Waals surface area contributed by atoms with Gasteiger partial charge in [0.2, 0.25) is 10.0 Å². The summed E-state index contributed by atoms with van der Waals surface area (Å²) in [5.74, 6) is -1.19. The number of carbonyl (C=O) groups is 1. The Kier molecular flexibility index (Phi) is 6.63. The summed E-state index contributed by atoms with van der Waals surface area (Å²) in [7, 11) is -3.97. The number of piperidine rings is 1. The number of nitrogens with zero attached hydrogens (tertiary/aromatic N) is 2. The summed E-state index contributed by atoms with van der Waals surface area (Å²) in [6.07, 6.45) is 2.55. The summed E-state index contributed by atoms with van der Waals surface area (Å²) < 4.78 is 38.3. The van der Waals surface area contributed by atoms with Gasteiger partial charge in [-0.1, -0.05) is 6.07 Å². The molecular formula is C17H25N3O7S. The van der Waals surface area contributed by atoms with Crippen LogP contribution in [0.4, 0.5) is 0 Å². The highest BCUT2D eigenvalue weighted by atomic mass is 32.2. The van der Waals surface area contributed by atoms with E-state index in [0.717, 1.165) is 5.69 Å². The maximum atomic E-state index is 13.1. The van der Waals surface area contributed by atoms with Crippen molar-refractivity contribution in [2.24, 2.45) is 0 Å². The first-order valence-corrected chi connectivity index (χ1v) is 10.6. The number of sulfonamides is 1. The standard InChI is InChI=1S/C17H25N3O7S/c21-16(19-23)17(22)12-26-10-6-15(17)28(24,25)20-8-4-14(5-9-20)27-11-13-3-1-2-7-18-13/h1-3,7,14-15,22-23H,4-6,8-12H2,(H,19,21). The smallest absolute Gasteiger partial charge is 0.279 e. The van der Waals surface area contributed by atoms with E-state index in [1.54, 1.807) is 6.20 Å². The highest BCUT2D eigenvalue weighted by Crippen LogP contribution is 2.30. The summed E-state index contributed by atoms with van der Waals surface area (Å²) in [5.41, 5.74) is -0.188. The van der Waals surface area contributed by atoms with Crippen molar-refractivity contribution in [1.82, 2.24) is 14.8 Å². The molecule has 2 fully saturated rings. The quantitative estimate of drug-likeness (QED) is 0.414. The van der Waals surface area contributed by atoms with E-state index in [0.29, 0.717) is 19.4 Å². The predicted molar refractivity (Wildman–Crippen MR) is 96.6 cm³/mol. The van der Waals surface area contributed by atoms with Crippen LogP contribution < -0.4 is 5.48 Å². The van der Waals surface area contributed by atoms with Gasteiger partial charge in [-0.15, -0.1) is 0 Å². The minimum absolute atomic E-state index is 0.0393. The fourth-order valence-corrected chi connectivity index (χ4v) is 5.72. The first-order chi connectivity index (χ1) is 13.4. The Morgan fingerprint density at radius 3 is 2.75 bits per heavy atom. The van der Waals surface area contributed by atoms with E-state index in [9.17, 15) is 18.3 Å². The maximum absolute atomic E-state index is 13.1. The number of hydrogen-bond donors (Lipinski definition) is 3. The van der Waals surface area contributed by atoms with E-state index in [1.165, 1.54) is 9.79 Å². The minimum Gasteiger partial charge on any atom is -0.378 e. The molecule has 28 heavy (non-hydrogen) atoms. The highest BCUT2D eigenvalue weighted by molar-refractivity contribution is 7.89. The molecule has 2 aliphatic heterocycles. The van der Waals surface area contributed by atoms with Gasteiger partial charge in [0.1, 0.15) is 5.25 Å². The zero-order valence-electron chi connectivity index (χ0n) is 15.4. The van der Waals surface area contributed by atoms with E-state index < -0.39 is 33.4 Å². The average molecular weight is 415 g/mol. The Morgan fingerprint density at radius 1 is 1.36 bits per heavy atom. The lowest BCUT2D eigenvalue weighted by Crippen LogP contribution is -2.64. The van der Waals surface area contributed by atoms with Gasteiger partial charge in [0.05, 0.1) is 25.0 Å². The Hall–Kier alpha value is -1.63. The highest BCUT2D eigenvalue weighted by Gasteiger charge is 2.54. The number of rotatable bonds is 6. The molecule has 2 saturated heterocycles. The number of aromatic nitrogens is 1. The molecule has 2 aliphatic rings. The van der Waals surface area contributed by atoms with Crippen LogP contribution in [-0.2, 0) is 30.9 Å². The van der Waals surface area contributed by atoms with Gasteiger partial charge in [0, 0.05) is 25.9 Å². The zero-order valence-corrected chi connectivity index (χ0v) is 16.2. The second-order valence-electron chi connectivity index (χ2n) is 6.97. The second-order valence-corrected chi connectivity index (χ2v) is 9.09. The van der Waals surface area contributed by atoms with Crippen LogP contribution in [0.2, 0.25) is 0 Å². The predicted octanol–water partition coefficient (Wildman–Crippen LogP) is -0.582. The van der Waals surface area contributed by atoms with Crippen LogP contribution >= 0.6 is 0 Å². The molecule has 3 rings (SSSR count). The number of nitrogens with one attached hydrogen (secondary N) is 1. The van der Waals surface area contributed by atoms with Gasteiger partial charge in [-0.2, -0.15) is 0 Å². The van der Waals surface area contributed by atoms with Gasteiger partial charge in [0.25, 0.3) is 5.91 Å². The molecule has 0 bridgehead atoms. The van der Waals surface area contributed by atoms with E-state index in [4.69, 9.17) is 14.7 Å². The van der Waals surface area contributed by atoms with Crippen molar-refractivity contribution in [3.8, 4) is 0 Å². The largest absolute Gasteiger partial charge is 0.378 e. The molecule has 11 heteroatoms. The molecule has 0 aromatic carbocycles. The molecule has 3 N–H and O–H groups in total. The van der Waals surface area contributed by atoms with Gasteiger partial charge in [-0.05, 0) is 31.4 Å². The Bertz CT molecular complexity index is 768. The van der Waals surface area contributed by atoms with E-state index in [1.807, 2.05) is 18.2 Å². The summed E-state index contributed by atoms with van der Waals surface area (Å²) in [6.45, 7) is 0.420. The Balaban J connectivity index is 1.61. The van der Waals surface area contributed by atoms with Gasteiger partial charge >= 0.3 is 0 Å². The fourth-order valence-electron chi connectivity index (χ4n) is 3.57. The Morgan fingerprint density at radius 2 is 2.11 bits per heavy atom. The number of aliphatic hydroxyl groups is 1. The van der Waals surface area contributed by atoms with Crippen molar-refractivity contribution in [2.75, 3.05) is 26.3 Å². The lowest BCUT2D eigenvalue weighted by Gasteiger charge is -2.41. The number of amides is 1. The second kappa shape index (κ2) is 8.80. The van der Waals surface area contributed by atoms with Crippen LogP contribution in [0, 0.1) is 0 Å². The summed E-state index contributed by atoms with van der Waals surface area (Å²) in [4.78, 5) is 16.1. The number of ether oxygens (including phenoxy) is 2. The third kappa shape index (κ3) is 4.34. The van der Waals surface area contributed by atoms with E-state index in [2.05, 4.69) is 4.98 Å². The average Bonchev–Trinajstić information content (AvgIpc) is 2.73. The van der Waals surface area contributed by atoms with Crippen LogP contribution in [0.1, 0.15) is 25.0 Å². The number of pyridine rings is 1. The summed E-state index contributed by atoms with van der Waals surface area (Å²) >= 11 is 0.